The van der Waals surface area contributed by atoms with E-state index in [-0.39, 0.29) is 11.6 Å². The fourth-order valence-electron chi connectivity index (χ4n) is 3.21. The largest absolute Gasteiger partial charge is 0.353 e. The van der Waals surface area contributed by atoms with Crippen molar-refractivity contribution in [2.45, 2.75) is 39.2 Å². The number of hydrogen-bond acceptors (Lipinski definition) is 4. The number of rotatable bonds is 13. The molecule has 0 saturated carbocycles. The SMILES string of the molecule is CCCN(CCCCCNC(=O)/C=C/c1ccc([N+](=O)[O-])cc1)Cc1ccccc1. The Morgan fingerprint density at radius 1 is 1.03 bits per heavy atom. The minimum atomic E-state index is -0.441. The molecule has 0 heterocycles. The van der Waals surface area contributed by atoms with E-state index < -0.39 is 4.92 Å². The molecule has 0 radical (unpaired) electrons. The minimum Gasteiger partial charge on any atom is -0.353 e. The average Bonchev–Trinajstić information content (AvgIpc) is 2.75. The Balaban J connectivity index is 1.61. The molecule has 2 aromatic carbocycles. The molecule has 0 saturated heterocycles. The van der Waals surface area contributed by atoms with Gasteiger partial charge in [0.25, 0.3) is 5.69 Å². The van der Waals surface area contributed by atoms with Crippen LogP contribution in [0.5, 0.6) is 0 Å². The second-order valence-corrected chi connectivity index (χ2v) is 7.30. The van der Waals surface area contributed by atoms with Crippen LogP contribution in [0.4, 0.5) is 5.69 Å². The van der Waals surface area contributed by atoms with Crippen molar-refractivity contribution in [3.8, 4) is 0 Å². The van der Waals surface area contributed by atoms with Crippen LogP contribution >= 0.6 is 0 Å². The van der Waals surface area contributed by atoms with Gasteiger partial charge in [-0.05, 0) is 61.7 Å². The Labute approximate surface area is 178 Å². The van der Waals surface area contributed by atoms with E-state index in [0.717, 1.165) is 50.9 Å². The van der Waals surface area contributed by atoms with Crippen LogP contribution in [0.15, 0.2) is 60.7 Å². The van der Waals surface area contributed by atoms with Gasteiger partial charge in [0.15, 0.2) is 0 Å². The first-order chi connectivity index (χ1) is 14.6. The molecule has 0 fully saturated rings. The summed E-state index contributed by atoms with van der Waals surface area (Å²) < 4.78 is 0. The molecule has 1 amide bonds. The first kappa shape index (κ1) is 23.3. The highest BCUT2D eigenvalue weighted by atomic mass is 16.6. The molecular formula is C24H31N3O3. The quantitative estimate of drug-likeness (QED) is 0.223. The Morgan fingerprint density at radius 2 is 1.77 bits per heavy atom. The monoisotopic (exact) mass is 409 g/mol. The van der Waals surface area contributed by atoms with Gasteiger partial charge >= 0.3 is 0 Å². The zero-order chi connectivity index (χ0) is 21.6. The molecule has 0 aliphatic rings. The second kappa shape index (κ2) is 13.3. The van der Waals surface area contributed by atoms with E-state index in [1.807, 2.05) is 6.07 Å². The third-order valence-electron chi connectivity index (χ3n) is 4.77. The van der Waals surface area contributed by atoms with Crippen LogP contribution in [-0.2, 0) is 11.3 Å². The summed E-state index contributed by atoms with van der Waals surface area (Å²) >= 11 is 0. The molecular weight excluding hydrogens is 378 g/mol. The van der Waals surface area contributed by atoms with Gasteiger partial charge in [-0.3, -0.25) is 19.8 Å². The number of carbonyl (C=O) groups excluding carboxylic acids is 1. The fourth-order valence-corrected chi connectivity index (χ4v) is 3.21. The summed E-state index contributed by atoms with van der Waals surface area (Å²) in [7, 11) is 0. The summed E-state index contributed by atoms with van der Waals surface area (Å²) in [5, 5.41) is 13.5. The number of nitro groups is 1. The molecule has 0 bridgehead atoms. The number of nitro benzene ring substituents is 1. The molecule has 0 atom stereocenters. The van der Waals surface area contributed by atoms with Crippen LogP contribution < -0.4 is 5.32 Å². The van der Waals surface area contributed by atoms with Crippen molar-refractivity contribution in [1.82, 2.24) is 10.2 Å². The lowest BCUT2D eigenvalue weighted by Crippen LogP contribution is -2.26. The van der Waals surface area contributed by atoms with E-state index in [1.54, 1.807) is 18.2 Å². The topological polar surface area (TPSA) is 75.5 Å². The highest BCUT2D eigenvalue weighted by Crippen LogP contribution is 2.12. The van der Waals surface area contributed by atoms with E-state index in [0.29, 0.717) is 6.54 Å². The summed E-state index contributed by atoms with van der Waals surface area (Å²) in [5.74, 6) is -0.148. The van der Waals surface area contributed by atoms with Crippen LogP contribution in [0.2, 0.25) is 0 Å². The lowest BCUT2D eigenvalue weighted by molar-refractivity contribution is -0.384. The third kappa shape index (κ3) is 9.01. The minimum absolute atomic E-state index is 0.0397. The van der Waals surface area contributed by atoms with Crippen molar-refractivity contribution in [2.75, 3.05) is 19.6 Å². The highest BCUT2D eigenvalue weighted by molar-refractivity contribution is 5.91. The second-order valence-electron chi connectivity index (χ2n) is 7.30. The number of benzene rings is 2. The summed E-state index contributed by atoms with van der Waals surface area (Å²) in [6, 6.07) is 16.7. The van der Waals surface area contributed by atoms with Crippen LogP contribution in [0.25, 0.3) is 6.08 Å². The summed E-state index contributed by atoms with van der Waals surface area (Å²) in [6.45, 7) is 6.00. The molecule has 2 rings (SSSR count). The number of carbonyl (C=O) groups is 1. The van der Waals surface area contributed by atoms with Gasteiger partial charge in [-0.2, -0.15) is 0 Å². The zero-order valence-corrected chi connectivity index (χ0v) is 17.6. The van der Waals surface area contributed by atoms with Gasteiger partial charge in [0, 0.05) is 31.3 Å². The summed E-state index contributed by atoms with van der Waals surface area (Å²) in [5.41, 5.74) is 2.14. The normalized spacial score (nSPS) is 11.1. The van der Waals surface area contributed by atoms with Crippen LogP contribution in [-0.4, -0.2) is 35.4 Å². The van der Waals surface area contributed by atoms with Crippen LogP contribution in [0.3, 0.4) is 0 Å². The maximum absolute atomic E-state index is 11.9. The predicted molar refractivity (Wildman–Crippen MR) is 121 cm³/mol. The van der Waals surface area contributed by atoms with Crippen molar-refractivity contribution in [3.63, 3.8) is 0 Å². The number of unbranched alkanes of at least 4 members (excludes halogenated alkanes) is 2. The van der Waals surface area contributed by atoms with Gasteiger partial charge in [-0.15, -0.1) is 0 Å². The first-order valence-electron chi connectivity index (χ1n) is 10.5. The number of hydrogen-bond donors (Lipinski definition) is 1. The van der Waals surface area contributed by atoms with E-state index in [1.165, 1.54) is 23.8 Å². The number of nitrogens with one attached hydrogen (secondary N) is 1. The Bertz CT molecular complexity index is 804. The number of non-ortho nitro benzene ring substituents is 1. The summed E-state index contributed by atoms with van der Waals surface area (Å²) in [6.07, 6.45) is 7.39. The number of nitrogens with zero attached hydrogens (tertiary/aromatic N) is 2. The predicted octanol–water partition coefficient (Wildman–Crippen LogP) is 4.81. The fraction of sp³-hybridized carbons (Fsp3) is 0.375. The Hall–Kier alpha value is -2.99. The molecule has 2 aromatic rings. The standard InChI is InChI=1S/C24H31N3O3/c1-2-18-26(20-22-9-5-3-6-10-22)19-8-4-7-17-25-24(28)16-13-21-11-14-23(15-12-21)27(29)30/h3,5-6,9-16H,2,4,7-8,17-20H2,1H3,(H,25,28)/b16-13+. The van der Waals surface area contributed by atoms with Crippen molar-refractivity contribution in [2.24, 2.45) is 0 Å². The van der Waals surface area contributed by atoms with Crippen molar-refractivity contribution in [3.05, 3.63) is 81.9 Å². The molecule has 0 unspecified atom stereocenters. The Morgan fingerprint density at radius 3 is 2.43 bits per heavy atom. The van der Waals surface area contributed by atoms with Crippen LogP contribution in [0, 0.1) is 10.1 Å². The lowest BCUT2D eigenvalue weighted by atomic mass is 10.2. The summed E-state index contributed by atoms with van der Waals surface area (Å²) in [4.78, 5) is 24.6. The molecule has 0 aliphatic heterocycles. The zero-order valence-electron chi connectivity index (χ0n) is 17.6. The van der Waals surface area contributed by atoms with Gasteiger partial charge in [-0.1, -0.05) is 43.7 Å². The van der Waals surface area contributed by atoms with Gasteiger partial charge in [0.05, 0.1) is 4.92 Å². The molecule has 6 nitrogen and oxygen atoms in total. The smallest absolute Gasteiger partial charge is 0.269 e. The number of amides is 1. The first-order valence-corrected chi connectivity index (χ1v) is 10.5. The molecule has 0 aromatic heterocycles. The van der Waals surface area contributed by atoms with E-state index in [9.17, 15) is 14.9 Å². The Kier molecular flexibility index (Phi) is 10.3. The molecule has 30 heavy (non-hydrogen) atoms. The van der Waals surface area contributed by atoms with E-state index in [4.69, 9.17) is 0 Å². The maximum Gasteiger partial charge on any atom is 0.269 e. The van der Waals surface area contributed by atoms with Gasteiger partial charge in [-0.25, -0.2) is 0 Å². The molecule has 0 spiro atoms. The van der Waals surface area contributed by atoms with Gasteiger partial charge in [0.2, 0.25) is 5.91 Å². The van der Waals surface area contributed by atoms with Gasteiger partial charge in [0.1, 0.15) is 0 Å². The van der Waals surface area contributed by atoms with Gasteiger partial charge < -0.3 is 5.32 Å². The highest BCUT2D eigenvalue weighted by Gasteiger charge is 2.05. The molecule has 0 aliphatic carbocycles. The van der Waals surface area contributed by atoms with Crippen LogP contribution in [0.1, 0.15) is 43.7 Å². The molecule has 160 valence electrons. The molecule has 6 heteroatoms. The van der Waals surface area contributed by atoms with Crippen molar-refractivity contribution in [1.29, 1.82) is 0 Å². The van der Waals surface area contributed by atoms with Crippen molar-refractivity contribution < 1.29 is 9.72 Å². The average molecular weight is 410 g/mol. The maximum atomic E-state index is 11.9. The lowest BCUT2D eigenvalue weighted by Gasteiger charge is -2.21. The van der Waals surface area contributed by atoms with Crippen molar-refractivity contribution >= 4 is 17.7 Å². The molecule has 1 N–H and O–H groups in total. The van der Waals surface area contributed by atoms with E-state index >= 15 is 0 Å². The van der Waals surface area contributed by atoms with E-state index in [2.05, 4.69) is 41.4 Å². The third-order valence-corrected chi connectivity index (χ3v) is 4.77.